The summed E-state index contributed by atoms with van der Waals surface area (Å²) in [7, 11) is 0. The van der Waals surface area contributed by atoms with Gasteiger partial charge >= 0.3 is 11.9 Å². The van der Waals surface area contributed by atoms with Crippen LogP contribution < -0.4 is 37.6 Å². The van der Waals surface area contributed by atoms with E-state index in [0.717, 1.165) is 0 Å². The molecular weight excluding hydrogens is 674 g/mol. The van der Waals surface area contributed by atoms with Gasteiger partial charge in [-0.3, -0.25) is 38.4 Å². The van der Waals surface area contributed by atoms with Crippen molar-refractivity contribution in [3.63, 3.8) is 0 Å². The number of H-pyrrole nitrogens is 2. The van der Waals surface area contributed by atoms with E-state index in [2.05, 4.69) is 51.8 Å². The van der Waals surface area contributed by atoms with Gasteiger partial charge in [-0.2, -0.15) is 0 Å². The Morgan fingerprint density at radius 2 is 1.22 bits per heavy atom. The van der Waals surface area contributed by atoms with Gasteiger partial charge in [0.05, 0.1) is 31.8 Å². The first-order valence-electron chi connectivity index (χ1n) is 15.9. The Bertz CT molecular complexity index is 1500. The molecule has 12 N–H and O–H groups in total. The first-order valence-corrected chi connectivity index (χ1v) is 15.9. The number of imidazole rings is 2. The van der Waals surface area contributed by atoms with E-state index in [1.165, 1.54) is 32.0 Å². The Balaban J connectivity index is 2.11. The lowest BCUT2D eigenvalue weighted by atomic mass is 10.0. The molecule has 6 amide bonds. The van der Waals surface area contributed by atoms with Crippen LogP contribution in [-0.2, 0) is 51.2 Å². The van der Waals surface area contributed by atoms with E-state index >= 15 is 0 Å². The first-order chi connectivity index (χ1) is 24.0. The number of hydrogen-bond donors (Lipinski definition) is 11. The molecule has 0 unspecified atom stereocenters. The van der Waals surface area contributed by atoms with Gasteiger partial charge in [-0.15, -0.1) is 0 Å². The molecule has 0 fully saturated rings. The molecule has 0 saturated carbocycles. The number of carboxylic acid groups (broad SMARTS) is 2. The van der Waals surface area contributed by atoms with Crippen molar-refractivity contribution in [1.29, 1.82) is 0 Å². The average Bonchev–Trinajstić information content (AvgIpc) is 3.78. The molecule has 2 aromatic heterocycles. The summed E-state index contributed by atoms with van der Waals surface area (Å²) in [5.41, 5.74) is 6.51. The second-order valence-electron chi connectivity index (χ2n) is 12.0. The van der Waals surface area contributed by atoms with E-state index in [9.17, 15) is 43.5 Å². The SMILES string of the molecule is CC(C)C[C@H](NC(=O)CNC(=O)CNC(=O)[C@@H](N)CCC(=O)O)C(=O)N[C@@H](Cc1cnc[nH]1)C(=O)N[C@@H](Cc1cnc[nH]1)C(=O)N[C@@H](C)C(=O)O. The molecule has 0 spiro atoms. The van der Waals surface area contributed by atoms with E-state index < -0.39 is 90.7 Å². The first kappa shape index (κ1) is 41.3. The molecule has 0 aliphatic heterocycles. The van der Waals surface area contributed by atoms with Gasteiger partial charge in [0.2, 0.25) is 35.4 Å². The molecule has 0 bridgehead atoms. The van der Waals surface area contributed by atoms with Gasteiger partial charge < -0.3 is 57.8 Å². The smallest absolute Gasteiger partial charge is 0.325 e. The summed E-state index contributed by atoms with van der Waals surface area (Å²) in [5.74, 6) is -7.15. The quantitative estimate of drug-likeness (QED) is 0.0562. The fourth-order valence-electron chi connectivity index (χ4n) is 4.47. The lowest BCUT2D eigenvalue weighted by Gasteiger charge is -2.26. The topological polar surface area (TPSA) is 333 Å². The van der Waals surface area contributed by atoms with Crippen LogP contribution in [0, 0.1) is 5.92 Å². The standard InChI is InChI=1S/C30H45N11O10/c1-15(2)6-20(39-24(43)12-34-23(42)11-35-26(46)19(31)4-5-25(44)45)28(48)41-22(8-18-10-33-14-37-18)29(49)40-21(7-17-9-32-13-36-17)27(47)38-16(3)30(50)51/h9-10,13-16,19-22H,4-8,11-12,31H2,1-3H3,(H,32,36)(H,33,37)(H,34,42)(H,35,46)(H,38,47)(H,39,43)(H,40,49)(H,41,48)(H,44,45)(H,50,51)/t16-,19-,20-,21-,22-/m0/s1. The molecule has 51 heavy (non-hydrogen) atoms. The molecule has 0 aliphatic rings. The third kappa shape index (κ3) is 15.5. The maximum atomic E-state index is 13.6. The molecule has 2 rings (SSSR count). The van der Waals surface area contributed by atoms with Crippen molar-refractivity contribution < 1.29 is 48.6 Å². The molecule has 2 heterocycles. The minimum absolute atomic E-state index is 0.0897. The zero-order valence-electron chi connectivity index (χ0n) is 28.4. The summed E-state index contributed by atoms with van der Waals surface area (Å²) < 4.78 is 0. The van der Waals surface area contributed by atoms with Crippen LogP contribution >= 0.6 is 0 Å². The van der Waals surface area contributed by atoms with E-state index in [-0.39, 0.29) is 38.0 Å². The molecule has 0 aliphatic carbocycles. The highest BCUT2D eigenvalue weighted by atomic mass is 16.4. The van der Waals surface area contributed by atoms with Crippen LogP contribution in [0.25, 0.3) is 0 Å². The Labute approximate surface area is 292 Å². The fraction of sp³-hybridized carbons (Fsp3) is 0.533. The van der Waals surface area contributed by atoms with E-state index in [4.69, 9.17) is 10.8 Å². The highest BCUT2D eigenvalue weighted by Gasteiger charge is 2.32. The summed E-state index contributed by atoms with van der Waals surface area (Å²) >= 11 is 0. The molecule has 280 valence electrons. The van der Waals surface area contributed by atoms with Crippen LogP contribution in [0.3, 0.4) is 0 Å². The predicted molar refractivity (Wildman–Crippen MR) is 176 cm³/mol. The third-order valence-electron chi connectivity index (χ3n) is 7.19. The Morgan fingerprint density at radius 3 is 1.69 bits per heavy atom. The second-order valence-corrected chi connectivity index (χ2v) is 12.0. The van der Waals surface area contributed by atoms with Gasteiger partial charge in [0, 0.05) is 43.0 Å². The molecule has 21 heteroatoms. The lowest BCUT2D eigenvalue weighted by molar-refractivity contribution is -0.142. The number of carboxylic acids is 2. The molecule has 0 radical (unpaired) electrons. The fourth-order valence-corrected chi connectivity index (χ4v) is 4.47. The molecular formula is C30H45N11O10. The maximum absolute atomic E-state index is 13.6. The van der Waals surface area contributed by atoms with Crippen molar-refractivity contribution in [1.82, 2.24) is 51.8 Å². The minimum atomic E-state index is -1.30. The van der Waals surface area contributed by atoms with Crippen molar-refractivity contribution in [3.8, 4) is 0 Å². The van der Waals surface area contributed by atoms with Crippen LogP contribution in [-0.4, -0.2) is 121 Å². The minimum Gasteiger partial charge on any atom is -0.481 e. The van der Waals surface area contributed by atoms with E-state index in [1.807, 2.05) is 0 Å². The van der Waals surface area contributed by atoms with E-state index in [1.54, 1.807) is 13.8 Å². The molecule has 0 saturated heterocycles. The number of hydrogen-bond acceptors (Lipinski definition) is 11. The van der Waals surface area contributed by atoms with Crippen molar-refractivity contribution in [2.75, 3.05) is 13.1 Å². The van der Waals surface area contributed by atoms with Crippen LogP contribution in [0.2, 0.25) is 0 Å². The Kier molecular flexibility index (Phi) is 16.7. The number of aliphatic carboxylic acids is 2. The van der Waals surface area contributed by atoms with Gasteiger partial charge in [0.15, 0.2) is 0 Å². The number of amides is 6. The number of nitrogens with two attached hydrogens (primary N) is 1. The van der Waals surface area contributed by atoms with Gasteiger partial charge in [-0.25, -0.2) is 9.97 Å². The zero-order valence-corrected chi connectivity index (χ0v) is 28.4. The molecule has 0 aromatic carbocycles. The number of nitrogens with zero attached hydrogens (tertiary/aromatic N) is 2. The van der Waals surface area contributed by atoms with Gasteiger partial charge in [0.25, 0.3) is 0 Å². The second kappa shape index (κ2) is 20.6. The van der Waals surface area contributed by atoms with Crippen molar-refractivity contribution >= 4 is 47.4 Å². The predicted octanol–water partition coefficient (Wildman–Crippen LogP) is -3.57. The number of rotatable bonds is 22. The number of aromatic nitrogens is 4. The number of aromatic amines is 2. The van der Waals surface area contributed by atoms with Crippen LogP contribution in [0.1, 0.15) is 51.4 Å². The number of carbonyl (C=O) groups is 8. The Hall–Kier alpha value is -5.86. The third-order valence-corrected chi connectivity index (χ3v) is 7.19. The highest BCUT2D eigenvalue weighted by Crippen LogP contribution is 2.08. The lowest BCUT2D eigenvalue weighted by Crippen LogP contribution is -2.59. The summed E-state index contributed by atoms with van der Waals surface area (Å²) in [6.45, 7) is 3.74. The zero-order chi connectivity index (χ0) is 38.1. The van der Waals surface area contributed by atoms with Crippen LogP contribution in [0.15, 0.2) is 25.0 Å². The largest absolute Gasteiger partial charge is 0.481 e. The summed E-state index contributed by atoms with van der Waals surface area (Å²) in [6, 6.07) is -6.16. The van der Waals surface area contributed by atoms with Crippen LogP contribution in [0.5, 0.6) is 0 Å². The number of carbonyl (C=O) groups excluding carboxylic acids is 6. The summed E-state index contributed by atoms with van der Waals surface area (Å²) in [4.78, 5) is 113. The average molecular weight is 720 g/mol. The molecule has 5 atom stereocenters. The van der Waals surface area contributed by atoms with E-state index in [0.29, 0.717) is 11.4 Å². The summed E-state index contributed by atoms with van der Waals surface area (Å²) in [5, 5.41) is 32.5. The monoisotopic (exact) mass is 719 g/mol. The summed E-state index contributed by atoms with van der Waals surface area (Å²) in [6.07, 6.45) is 5.05. The van der Waals surface area contributed by atoms with Gasteiger partial charge in [-0.05, 0) is 25.7 Å². The highest BCUT2D eigenvalue weighted by molar-refractivity contribution is 5.96. The molecule has 21 nitrogen and oxygen atoms in total. The van der Waals surface area contributed by atoms with Crippen molar-refractivity contribution in [2.45, 2.75) is 83.1 Å². The Morgan fingerprint density at radius 1 is 0.706 bits per heavy atom. The van der Waals surface area contributed by atoms with Crippen molar-refractivity contribution in [3.05, 3.63) is 36.4 Å². The van der Waals surface area contributed by atoms with Crippen molar-refractivity contribution in [2.24, 2.45) is 11.7 Å². The number of nitrogens with one attached hydrogen (secondary N) is 8. The van der Waals surface area contributed by atoms with Gasteiger partial charge in [-0.1, -0.05) is 13.8 Å². The van der Waals surface area contributed by atoms with Crippen LogP contribution in [0.4, 0.5) is 0 Å². The normalized spacial score (nSPS) is 13.8. The van der Waals surface area contributed by atoms with Gasteiger partial charge in [0.1, 0.15) is 24.2 Å². The maximum Gasteiger partial charge on any atom is 0.325 e. The molecule has 2 aromatic rings.